The van der Waals surface area contributed by atoms with Crippen molar-refractivity contribution in [2.24, 2.45) is 5.92 Å². The van der Waals surface area contributed by atoms with Crippen molar-refractivity contribution in [3.63, 3.8) is 0 Å². The minimum Gasteiger partial charge on any atom is -0.361 e. The van der Waals surface area contributed by atoms with E-state index in [1.165, 1.54) is 10.8 Å². The van der Waals surface area contributed by atoms with E-state index in [-0.39, 0.29) is 11.7 Å². The van der Waals surface area contributed by atoms with Crippen LogP contribution in [0.4, 0.5) is 0 Å². The fourth-order valence-electron chi connectivity index (χ4n) is 1.50. The highest BCUT2D eigenvalue weighted by atomic mass is 16.1. The van der Waals surface area contributed by atoms with E-state index in [0.717, 1.165) is 5.35 Å². The largest absolute Gasteiger partial charge is 0.361 e. The maximum Gasteiger partial charge on any atom is 0.164 e. The van der Waals surface area contributed by atoms with Gasteiger partial charge in [0.15, 0.2) is 5.78 Å². The molecule has 0 fully saturated rings. The normalized spacial score (nSPS) is 21.2. The van der Waals surface area contributed by atoms with Crippen LogP contribution in [0.5, 0.6) is 0 Å². The van der Waals surface area contributed by atoms with E-state index in [2.05, 4.69) is 4.98 Å². The van der Waals surface area contributed by atoms with Crippen LogP contribution in [-0.2, 0) is 4.79 Å². The third-order valence-electron chi connectivity index (χ3n) is 2.31. The maximum absolute atomic E-state index is 11.3. The Bertz CT molecular complexity index is 439. The Morgan fingerprint density at radius 1 is 1.50 bits per heavy atom. The predicted octanol–water partition coefficient (Wildman–Crippen LogP) is 0.103. The number of hydrogen-bond acceptors (Lipinski definition) is 1. The molecule has 2 nitrogen and oxygen atoms in total. The third-order valence-corrected chi connectivity index (χ3v) is 2.31. The average molecular weight is 161 g/mol. The number of fused-ring (bicyclic) bond motifs is 1. The van der Waals surface area contributed by atoms with E-state index in [1.54, 1.807) is 6.08 Å². The van der Waals surface area contributed by atoms with Crippen LogP contribution in [0.15, 0.2) is 6.20 Å². The molecule has 12 heavy (non-hydrogen) atoms. The van der Waals surface area contributed by atoms with Crippen LogP contribution in [0.3, 0.4) is 0 Å². The van der Waals surface area contributed by atoms with Crippen LogP contribution < -0.4 is 10.6 Å². The minimum atomic E-state index is 0.0343. The highest BCUT2D eigenvalue weighted by Crippen LogP contribution is 2.02. The number of rotatable bonds is 0. The van der Waals surface area contributed by atoms with E-state index in [1.807, 2.05) is 26.1 Å². The lowest BCUT2D eigenvalue weighted by Gasteiger charge is -2.03. The zero-order chi connectivity index (χ0) is 8.72. The van der Waals surface area contributed by atoms with Crippen molar-refractivity contribution in [1.29, 1.82) is 0 Å². The second-order valence-corrected chi connectivity index (χ2v) is 3.30. The molecule has 0 amide bonds. The number of ketones is 1. The van der Waals surface area contributed by atoms with Gasteiger partial charge in [-0.05, 0) is 17.7 Å². The van der Waals surface area contributed by atoms with Gasteiger partial charge in [-0.3, -0.25) is 4.79 Å². The monoisotopic (exact) mass is 161 g/mol. The van der Waals surface area contributed by atoms with Crippen LogP contribution in [0.2, 0.25) is 0 Å². The molecule has 0 radical (unpaired) electrons. The predicted molar refractivity (Wildman–Crippen MR) is 47.9 cm³/mol. The molecule has 0 saturated heterocycles. The second-order valence-electron chi connectivity index (χ2n) is 3.30. The van der Waals surface area contributed by atoms with Gasteiger partial charge in [0, 0.05) is 23.5 Å². The lowest BCUT2D eigenvalue weighted by molar-refractivity contribution is -0.114. The number of aryl methyl sites for hydroxylation is 1. The first-order chi connectivity index (χ1) is 5.68. The molecule has 62 valence electrons. The fourth-order valence-corrected chi connectivity index (χ4v) is 1.50. The summed E-state index contributed by atoms with van der Waals surface area (Å²) >= 11 is 0. The molecule has 1 N–H and O–H groups in total. The zero-order valence-electron chi connectivity index (χ0n) is 7.22. The summed E-state index contributed by atoms with van der Waals surface area (Å²) in [5, 5.41) is 2.14. The topological polar surface area (TPSA) is 32.9 Å². The quantitative estimate of drug-likeness (QED) is 0.575. The van der Waals surface area contributed by atoms with Gasteiger partial charge in [0.2, 0.25) is 0 Å². The Kier molecular flexibility index (Phi) is 1.43. The van der Waals surface area contributed by atoms with Crippen LogP contribution in [-0.4, -0.2) is 10.8 Å². The van der Waals surface area contributed by atoms with Crippen molar-refractivity contribution in [1.82, 2.24) is 4.98 Å². The average Bonchev–Trinajstić information content (AvgIpc) is 2.35. The number of hydrogen-bond donors (Lipinski definition) is 1. The second kappa shape index (κ2) is 2.34. The Morgan fingerprint density at radius 2 is 2.25 bits per heavy atom. The number of carbonyl (C=O) groups is 1. The lowest BCUT2D eigenvalue weighted by atomic mass is 10.00. The Hall–Kier alpha value is -1.31. The molecule has 1 aromatic rings. The summed E-state index contributed by atoms with van der Waals surface area (Å²) in [5.74, 6) is 0.219. The molecule has 1 aromatic heterocycles. The first kappa shape index (κ1) is 7.35. The molecule has 0 aromatic carbocycles. The van der Waals surface area contributed by atoms with Crippen molar-refractivity contribution in [3.05, 3.63) is 22.3 Å². The number of carbonyl (C=O) groups excluding carboxylic acids is 1. The molecule has 1 aliphatic carbocycles. The summed E-state index contributed by atoms with van der Waals surface area (Å²) in [7, 11) is 0. The van der Waals surface area contributed by atoms with Crippen molar-refractivity contribution in [2.75, 3.05) is 0 Å². The molecular weight excluding hydrogens is 150 g/mol. The molecule has 0 bridgehead atoms. The first-order valence-corrected chi connectivity index (χ1v) is 4.10. The molecule has 1 aliphatic rings. The van der Waals surface area contributed by atoms with Gasteiger partial charge in [-0.25, -0.2) is 0 Å². The van der Waals surface area contributed by atoms with Crippen molar-refractivity contribution in [2.45, 2.75) is 13.8 Å². The van der Waals surface area contributed by atoms with Gasteiger partial charge in [-0.2, -0.15) is 0 Å². The van der Waals surface area contributed by atoms with Crippen LogP contribution in [0, 0.1) is 12.8 Å². The SMILES string of the molecule is Cc1c[nH]c2c1=CC(C)C(=O)C=2. The van der Waals surface area contributed by atoms with Gasteiger partial charge in [0.05, 0.1) is 0 Å². The van der Waals surface area contributed by atoms with Gasteiger partial charge in [-0.1, -0.05) is 13.0 Å². The van der Waals surface area contributed by atoms with E-state index >= 15 is 0 Å². The molecule has 1 heterocycles. The minimum absolute atomic E-state index is 0.0343. The van der Waals surface area contributed by atoms with E-state index < -0.39 is 0 Å². The molecule has 0 saturated carbocycles. The van der Waals surface area contributed by atoms with Crippen molar-refractivity contribution in [3.8, 4) is 0 Å². The van der Waals surface area contributed by atoms with Crippen molar-refractivity contribution < 1.29 is 4.79 Å². The molecular formula is C10H11NO. The first-order valence-electron chi connectivity index (χ1n) is 4.10. The summed E-state index contributed by atoms with van der Waals surface area (Å²) < 4.78 is 0. The van der Waals surface area contributed by atoms with Gasteiger partial charge < -0.3 is 4.98 Å². The Labute approximate surface area is 70.6 Å². The number of Topliss-reactive ketones (excluding diaryl/α,β-unsaturated/α-hetero) is 1. The maximum atomic E-state index is 11.3. The summed E-state index contributed by atoms with van der Waals surface area (Å²) in [5.41, 5.74) is 1.21. The van der Waals surface area contributed by atoms with Gasteiger partial charge in [-0.15, -0.1) is 0 Å². The summed E-state index contributed by atoms with van der Waals surface area (Å²) in [6.07, 6.45) is 5.64. The van der Waals surface area contributed by atoms with Crippen LogP contribution in [0.1, 0.15) is 12.5 Å². The smallest absolute Gasteiger partial charge is 0.164 e. The highest BCUT2D eigenvalue weighted by Gasteiger charge is 2.11. The van der Waals surface area contributed by atoms with Crippen LogP contribution >= 0.6 is 0 Å². The fraction of sp³-hybridized carbons (Fsp3) is 0.300. The Balaban J connectivity index is 2.82. The standard InChI is InChI=1S/C10H11NO/c1-6-3-8-7(2)5-11-9(8)4-10(6)12/h3-6,11H,1-2H3. The summed E-state index contributed by atoms with van der Waals surface area (Å²) in [4.78, 5) is 14.3. The van der Waals surface area contributed by atoms with Crippen molar-refractivity contribution >= 4 is 17.9 Å². The lowest BCUT2D eigenvalue weighted by Crippen LogP contribution is -2.32. The molecule has 1 unspecified atom stereocenters. The molecule has 2 heteroatoms. The van der Waals surface area contributed by atoms with Gasteiger partial charge in [0.25, 0.3) is 0 Å². The van der Waals surface area contributed by atoms with Gasteiger partial charge >= 0.3 is 0 Å². The van der Waals surface area contributed by atoms with Gasteiger partial charge in [0.1, 0.15) is 0 Å². The third kappa shape index (κ3) is 0.916. The number of aromatic nitrogens is 1. The number of nitrogens with one attached hydrogen (secondary N) is 1. The van der Waals surface area contributed by atoms with E-state index in [4.69, 9.17) is 0 Å². The molecule has 1 atom stereocenters. The number of H-pyrrole nitrogens is 1. The van der Waals surface area contributed by atoms with E-state index in [0.29, 0.717) is 0 Å². The van der Waals surface area contributed by atoms with E-state index in [9.17, 15) is 4.79 Å². The number of aromatic amines is 1. The molecule has 2 rings (SSSR count). The summed E-state index contributed by atoms with van der Waals surface area (Å²) in [6.45, 7) is 3.97. The summed E-state index contributed by atoms with van der Waals surface area (Å²) in [6, 6.07) is 0. The molecule has 0 aliphatic heterocycles. The van der Waals surface area contributed by atoms with Crippen LogP contribution in [0.25, 0.3) is 12.2 Å². The highest BCUT2D eigenvalue weighted by molar-refractivity contribution is 6.10. The Morgan fingerprint density at radius 3 is 3.00 bits per heavy atom. The zero-order valence-corrected chi connectivity index (χ0v) is 7.22. The molecule has 0 spiro atoms.